The van der Waals surface area contributed by atoms with Crippen LogP contribution in [0.4, 0.5) is 5.69 Å². The second-order valence-electron chi connectivity index (χ2n) is 9.83. The van der Waals surface area contributed by atoms with Crippen LogP contribution in [0.25, 0.3) is 16.9 Å². The molecule has 1 amide bonds. The van der Waals surface area contributed by atoms with Gasteiger partial charge in [-0.05, 0) is 60.1 Å². The number of aliphatic hydroxyl groups excluding tert-OH is 2. The van der Waals surface area contributed by atoms with Crippen LogP contribution in [-0.2, 0) is 20.8 Å². The van der Waals surface area contributed by atoms with Gasteiger partial charge >= 0.3 is 0 Å². The molecule has 10 heteroatoms. The highest BCUT2D eigenvalue weighted by Crippen LogP contribution is 2.52. The quantitative estimate of drug-likeness (QED) is 0.204. The van der Waals surface area contributed by atoms with Gasteiger partial charge in [0.05, 0.1) is 18.0 Å². The average Bonchev–Trinajstić information content (AvgIpc) is 2.85. The number of anilines is 1. The molecule has 10 nitrogen and oxygen atoms in total. The van der Waals surface area contributed by atoms with Crippen LogP contribution in [-0.4, -0.2) is 63.0 Å². The predicted octanol–water partition coefficient (Wildman–Crippen LogP) is 1.33. The van der Waals surface area contributed by atoms with E-state index >= 15 is 0 Å². The van der Waals surface area contributed by atoms with Gasteiger partial charge in [0.25, 0.3) is 0 Å². The molecule has 2 aromatic rings. The Morgan fingerprint density at radius 2 is 1.84 bits per heavy atom. The fourth-order valence-electron chi connectivity index (χ4n) is 6.08. The number of amides is 1. The number of ketones is 2. The van der Waals surface area contributed by atoms with E-state index in [0.29, 0.717) is 5.56 Å². The van der Waals surface area contributed by atoms with E-state index in [4.69, 9.17) is 5.73 Å². The molecular weight excluding hydrogens is 478 g/mol. The topological polar surface area (TPSA) is 183 Å². The molecule has 0 aromatic heterocycles. The van der Waals surface area contributed by atoms with Gasteiger partial charge in [0.15, 0.2) is 11.4 Å². The highest BCUT2D eigenvalue weighted by atomic mass is 16.3. The molecule has 192 valence electrons. The third-order valence-corrected chi connectivity index (χ3v) is 7.82. The van der Waals surface area contributed by atoms with Gasteiger partial charge in [-0.25, -0.2) is 0 Å². The number of aliphatic imine (C=N–C) groups is 1. The zero-order chi connectivity index (χ0) is 26.6. The summed E-state index contributed by atoms with van der Waals surface area (Å²) >= 11 is 0. The van der Waals surface area contributed by atoms with Crippen molar-refractivity contribution in [2.75, 3.05) is 12.4 Å². The third kappa shape index (κ3) is 3.63. The summed E-state index contributed by atoms with van der Waals surface area (Å²) in [5.41, 5.74) is 5.59. The first kappa shape index (κ1) is 24.7. The number of rotatable bonds is 4. The minimum absolute atomic E-state index is 0.0641. The fraction of sp³-hybridized carbons (Fsp3) is 0.333. The van der Waals surface area contributed by atoms with Crippen molar-refractivity contribution in [1.82, 2.24) is 0 Å². The normalized spacial score (nSPS) is 29.1. The molecular formula is C27H27N3O7. The maximum Gasteiger partial charge on any atom is 0.230 e. The summed E-state index contributed by atoms with van der Waals surface area (Å²) < 4.78 is 0. The fourth-order valence-corrected chi connectivity index (χ4v) is 6.08. The number of benzene rings is 2. The number of Topliss-reactive ketones (excluding diaryl/α,β-unsaturated/α-hetero) is 2. The Morgan fingerprint density at radius 3 is 2.49 bits per heavy atom. The molecule has 0 spiro atoms. The van der Waals surface area contributed by atoms with Crippen molar-refractivity contribution >= 4 is 35.3 Å². The van der Waals surface area contributed by atoms with Crippen molar-refractivity contribution in [3.63, 3.8) is 0 Å². The molecule has 2 fully saturated rings. The Kier molecular flexibility index (Phi) is 5.88. The van der Waals surface area contributed by atoms with Gasteiger partial charge in [0.2, 0.25) is 11.7 Å². The molecule has 3 aliphatic rings. The first-order valence-electron chi connectivity index (χ1n) is 11.9. The summed E-state index contributed by atoms with van der Waals surface area (Å²) in [6, 6.07) is 10.6. The largest absolute Gasteiger partial charge is 0.507 e. The summed E-state index contributed by atoms with van der Waals surface area (Å²) in [5.74, 6) is -7.30. The number of carbonyl (C=O) groups excluding carboxylic acids is 3. The van der Waals surface area contributed by atoms with Gasteiger partial charge in [-0.2, -0.15) is 0 Å². The number of phenols is 1. The highest BCUT2D eigenvalue weighted by Gasteiger charge is 2.63. The van der Waals surface area contributed by atoms with Gasteiger partial charge in [-0.3, -0.25) is 19.4 Å². The summed E-state index contributed by atoms with van der Waals surface area (Å²) in [6.45, 7) is 0. The number of phenolic OH excluding ortho intramolecular Hbond substituents is 1. The molecule has 2 unspecified atom stereocenters. The average molecular weight is 506 g/mol. The van der Waals surface area contributed by atoms with E-state index < -0.39 is 52.7 Å². The number of hydrogen-bond acceptors (Lipinski definition) is 8. The van der Waals surface area contributed by atoms with E-state index in [9.17, 15) is 34.8 Å². The van der Waals surface area contributed by atoms with Crippen LogP contribution in [0.15, 0.2) is 47.0 Å². The Labute approximate surface area is 212 Å². The van der Waals surface area contributed by atoms with E-state index in [0.717, 1.165) is 16.8 Å². The Bertz CT molecular complexity index is 1380. The SMILES string of the molecule is CN=CNc1ccc(-c2ccc(O)c3c2C[C@H]2C[C@H]4CC(O)C(C(N)=O)C(=O)[C@@]4(O)C(=O)C2=C3O)cc1. The maximum absolute atomic E-state index is 13.6. The van der Waals surface area contributed by atoms with Crippen molar-refractivity contribution in [1.29, 1.82) is 0 Å². The lowest BCUT2D eigenvalue weighted by Gasteiger charge is -2.48. The number of nitrogens with one attached hydrogen (secondary N) is 1. The molecule has 5 rings (SSSR count). The van der Waals surface area contributed by atoms with Gasteiger partial charge in [0, 0.05) is 24.2 Å². The van der Waals surface area contributed by atoms with Crippen LogP contribution in [0.1, 0.15) is 24.0 Å². The number of hydrogen-bond donors (Lipinski definition) is 6. The van der Waals surface area contributed by atoms with Gasteiger partial charge in [-0.15, -0.1) is 0 Å². The molecule has 2 saturated carbocycles. The lowest BCUT2D eigenvalue weighted by Crippen LogP contribution is -2.66. The molecule has 5 atom stereocenters. The number of carbonyl (C=O) groups is 3. The van der Waals surface area contributed by atoms with E-state index in [1.54, 1.807) is 19.5 Å². The monoisotopic (exact) mass is 505 g/mol. The van der Waals surface area contributed by atoms with Crippen molar-refractivity contribution in [3.05, 3.63) is 53.1 Å². The van der Waals surface area contributed by atoms with E-state index in [-0.39, 0.29) is 36.1 Å². The van der Waals surface area contributed by atoms with Crippen molar-refractivity contribution in [3.8, 4) is 16.9 Å². The Morgan fingerprint density at radius 1 is 1.14 bits per heavy atom. The summed E-state index contributed by atoms with van der Waals surface area (Å²) in [6.07, 6.45) is 0.345. The van der Waals surface area contributed by atoms with Gasteiger partial charge in [0.1, 0.15) is 17.4 Å². The minimum Gasteiger partial charge on any atom is -0.507 e. The van der Waals surface area contributed by atoms with E-state index in [1.165, 1.54) is 6.07 Å². The number of fused-ring (bicyclic) bond motifs is 3. The second kappa shape index (κ2) is 8.82. The summed E-state index contributed by atoms with van der Waals surface area (Å²) in [5, 5.41) is 46.7. The first-order chi connectivity index (χ1) is 17.6. The zero-order valence-electron chi connectivity index (χ0n) is 20.0. The third-order valence-electron chi connectivity index (χ3n) is 7.82. The summed E-state index contributed by atoms with van der Waals surface area (Å²) in [4.78, 5) is 42.4. The molecule has 0 aliphatic heterocycles. The lowest BCUT2D eigenvalue weighted by atomic mass is 9.56. The van der Waals surface area contributed by atoms with Gasteiger partial charge in [-0.1, -0.05) is 18.2 Å². The molecule has 3 aliphatic carbocycles. The Hall–Kier alpha value is -4.02. The zero-order valence-corrected chi connectivity index (χ0v) is 20.0. The predicted molar refractivity (Wildman–Crippen MR) is 135 cm³/mol. The highest BCUT2D eigenvalue weighted by molar-refractivity contribution is 6.24. The molecule has 7 N–H and O–H groups in total. The number of nitrogens with zero attached hydrogens (tertiary/aromatic N) is 1. The maximum atomic E-state index is 13.6. The van der Waals surface area contributed by atoms with Crippen LogP contribution in [0.5, 0.6) is 5.75 Å². The second-order valence-corrected chi connectivity index (χ2v) is 9.83. The van der Waals surface area contributed by atoms with Crippen LogP contribution in [0.3, 0.4) is 0 Å². The number of primary amides is 1. The van der Waals surface area contributed by atoms with Crippen LogP contribution in [0.2, 0.25) is 0 Å². The van der Waals surface area contributed by atoms with E-state index in [1.807, 2.05) is 24.3 Å². The molecule has 0 heterocycles. The standard InChI is InChI=1S/C27H27N3O7/c1-29-11-30-15-4-2-12(3-5-15)16-6-7-18(31)21-17(16)9-13-8-14-10-19(32)22(26(28)36)25(35)27(14,37)24(34)20(13)23(21)33/h2-7,11,13-14,19,22,31-33,37H,8-10H2,1H3,(H2,28,36)(H,29,30)/t13-,14+,19?,22?,27+/m1/s1. The molecule has 0 bridgehead atoms. The Balaban J connectivity index is 1.60. The van der Waals surface area contributed by atoms with Crippen molar-refractivity contribution in [2.45, 2.75) is 31.0 Å². The molecule has 2 aromatic carbocycles. The lowest BCUT2D eigenvalue weighted by molar-refractivity contribution is -0.174. The smallest absolute Gasteiger partial charge is 0.230 e. The van der Waals surface area contributed by atoms with E-state index in [2.05, 4.69) is 10.3 Å². The first-order valence-corrected chi connectivity index (χ1v) is 11.9. The van der Waals surface area contributed by atoms with Crippen LogP contribution >= 0.6 is 0 Å². The van der Waals surface area contributed by atoms with Crippen LogP contribution in [0, 0.1) is 17.8 Å². The molecule has 0 radical (unpaired) electrons. The van der Waals surface area contributed by atoms with Crippen molar-refractivity contribution in [2.24, 2.45) is 28.5 Å². The van der Waals surface area contributed by atoms with Crippen molar-refractivity contribution < 1.29 is 34.8 Å². The molecule has 37 heavy (non-hydrogen) atoms. The summed E-state index contributed by atoms with van der Waals surface area (Å²) in [7, 11) is 1.65. The van der Waals surface area contributed by atoms with Gasteiger partial charge < -0.3 is 31.5 Å². The number of nitrogens with two attached hydrogens (primary N) is 1. The number of aromatic hydroxyl groups is 1. The molecule has 0 saturated heterocycles. The van der Waals surface area contributed by atoms with Crippen LogP contribution < -0.4 is 11.1 Å². The number of aliphatic hydroxyl groups is 3. The minimum atomic E-state index is -2.59.